The van der Waals surface area contributed by atoms with E-state index in [-0.39, 0.29) is 11.7 Å². The summed E-state index contributed by atoms with van der Waals surface area (Å²) in [6.45, 7) is 5.98. The lowest BCUT2D eigenvalue weighted by atomic mass is 10.2. The Kier molecular flexibility index (Phi) is 5.18. The third kappa shape index (κ3) is 3.45. The first kappa shape index (κ1) is 17.0. The molecule has 1 aromatic heterocycles. The first-order valence-corrected chi connectivity index (χ1v) is 8.41. The molecular formula is C18H26N4O2. The Bertz CT molecular complexity index is 735. The van der Waals surface area contributed by atoms with E-state index >= 15 is 0 Å². The summed E-state index contributed by atoms with van der Waals surface area (Å²) in [5.41, 5.74) is 2.72. The lowest BCUT2D eigenvalue weighted by Crippen LogP contribution is -2.44. The van der Waals surface area contributed by atoms with Gasteiger partial charge in [-0.25, -0.2) is 4.68 Å². The van der Waals surface area contributed by atoms with Crippen LogP contribution in [-0.2, 0) is 18.3 Å². The average Bonchev–Trinajstić information content (AvgIpc) is 2.79. The summed E-state index contributed by atoms with van der Waals surface area (Å²) < 4.78 is 9.39. The van der Waals surface area contributed by atoms with Crippen LogP contribution in [0.4, 0.5) is 0 Å². The monoisotopic (exact) mass is 330 g/mol. The van der Waals surface area contributed by atoms with E-state index in [4.69, 9.17) is 4.74 Å². The number of ether oxygens (including phenoxy) is 1. The normalized spacial score (nSPS) is 18.9. The van der Waals surface area contributed by atoms with Crippen molar-refractivity contribution in [3.05, 3.63) is 51.9 Å². The number of rotatable bonds is 5. The molecule has 0 amide bonds. The fourth-order valence-electron chi connectivity index (χ4n) is 3.18. The summed E-state index contributed by atoms with van der Waals surface area (Å²) in [6.07, 6.45) is 0.184. The van der Waals surface area contributed by atoms with Gasteiger partial charge in [-0.2, -0.15) is 0 Å². The predicted molar refractivity (Wildman–Crippen MR) is 94.7 cm³/mol. The molecule has 0 bridgehead atoms. The largest absolute Gasteiger partial charge is 0.374 e. The predicted octanol–water partition coefficient (Wildman–Crippen LogP) is 0.905. The highest BCUT2D eigenvalue weighted by Crippen LogP contribution is 2.10. The van der Waals surface area contributed by atoms with Crippen LogP contribution in [0.5, 0.6) is 0 Å². The minimum absolute atomic E-state index is 0.0374. The van der Waals surface area contributed by atoms with Gasteiger partial charge in [0.25, 0.3) is 5.56 Å². The minimum Gasteiger partial charge on any atom is -0.374 e. The second-order valence-electron chi connectivity index (χ2n) is 6.43. The van der Waals surface area contributed by atoms with E-state index in [9.17, 15) is 4.79 Å². The van der Waals surface area contributed by atoms with Gasteiger partial charge in [-0.15, -0.1) is 0 Å². The molecule has 130 valence electrons. The number of morpholine rings is 1. The summed E-state index contributed by atoms with van der Waals surface area (Å²) in [7, 11) is 4.03. The van der Waals surface area contributed by atoms with Gasteiger partial charge in [0, 0.05) is 38.9 Å². The molecule has 1 N–H and O–H groups in total. The standard InChI is InChI=1S/C18H26N4O2/c1-14-17(12-19-11-16-13-20(2)9-10-24-16)18(23)22(21(14)3)15-7-5-4-6-8-15/h4-8,16,19H,9-13H2,1-3H3. The van der Waals surface area contributed by atoms with E-state index in [2.05, 4.69) is 17.3 Å². The van der Waals surface area contributed by atoms with Crippen molar-refractivity contribution < 1.29 is 4.74 Å². The van der Waals surface area contributed by atoms with Gasteiger partial charge >= 0.3 is 0 Å². The molecule has 1 aliphatic rings. The molecule has 2 heterocycles. The third-order valence-electron chi connectivity index (χ3n) is 4.69. The second-order valence-corrected chi connectivity index (χ2v) is 6.43. The SMILES string of the molecule is Cc1c(CNCC2CN(C)CCO2)c(=O)n(-c2ccccc2)n1C. The zero-order valence-electron chi connectivity index (χ0n) is 14.7. The second kappa shape index (κ2) is 7.34. The fraction of sp³-hybridized carbons (Fsp3) is 0.500. The van der Waals surface area contributed by atoms with Crippen molar-refractivity contribution in [2.45, 2.75) is 19.6 Å². The lowest BCUT2D eigenvalue weighted by molar-refractivity contribution is -0.0182. The van der Waals surface area contributed by atoms with Crippen LogP contribution in [0.2, 0.25) is 0 Å². The molecule has 0 saturated carbocycles. The topological polar surface area (TPSA) is 51.4 Å². The number of likely N-dealkylation sites (N-methyl/N-ethyl adjacent to an activating group) is 1. The molecule has 6 heteroatoms. The molecule has 2 aromatic rings. The van der Waals surface area contributed by atoms with Gasteiger partial charge < -0.3 is 15.0 Å². The molecule has 1 aromatic carbocycles. The molecule has 0 aliphatic carbocycles. The maximum atomic E-state index is 12.8. The molecule has 6 nitrogen and oxygen atoms in total. The van der Waals surface area contributed by atoms with Crippen LogP contribution in [0.3, 0.4) is 0 Å². The molecule has 0 radical (unpaired) electrons. The van der Waals surface area contributed by atoms with Crippen molar-refractivity contribution >= 4 is 0 Å². The van der Waals surface area contributed by atoms with E-state index in [1.54, 1.807) is 4.68 Å². The first-order chi connectivity index (χ1) is 11.6. The molecular weight excluding hydrogens is 304 g/mol. The van der Waals surface area contributed by atoms with E-state index in [0.29, 0.717) is 6.54 Å². The number of hydrogen-bond acceptors (Lipinski definition) is 4. The molecule has 3 rings (SSSR count). The minimum atomic E-state index is 0.0374. The van der Waals surface area contributed by atoms with Gasteiger partial charge in [-0.3, -0.25) is 9.48 Å². The summed E-state index contributed by atoms with van der Waals surface area (Å²) in [5, 5.41) is 3.39. The lowest BCUT2D eigenvalue weighted by Gasteiger charge is -2.30. The number of nitrogens with one attached hydrogen (secondary N) is 1. The smallest absolute Gasteiger partial charge is 0.276 e. The summed E-state index contributed by atoms with van der Waals surface area (Å²) in [6, 6.07) is 9.74. The first-order valence-electron chi connectivity index (χ1n) is 8.41. The Labute approximate surface area is 142 Å². The highest BCUT2D eigenvalue weighted by atomic mass is 16.5. The molecule has 1 unspecified atom stereocenters. The summed E-state index contributed by atoms with van der Waals surface area (Å²) >= 11 is 0. The van der Waals surface area contributed by atoms with Crippen molar-refractivity contribution in [2.75, 3.05) is 33.3 Å². The molecule has 1 atom stereocenters. The van der Waals surface area contributed by atoms with Crippen molar-refractivity contribution in [1.29, 1.82) is 0 Å². The van der Waals surface area contributed by atoms with Gasteiger partial charge in [0.15, 0.2) is 0 Å². The zero-order valence-corrected chi connectivity index (χ0v) is 14.7. The number of nitrogens with zero attached hydrogens (tertiary/aromatic N) is 3. The van der Waals surface area contributed by atoms with Crippen molar-refractivity contribution in [3.8, 4) is 5.69 Å². The zero-order chi connectivity index (χ0) is 17.1. The Morgan fingerprint density at radius 3 is 2.71 bits per heavy atom. The number of para-hydroxylation sites is 1. The molecule has 0 spiro atoms. The number of benzene rings is 1. The van der Waals surface area contributed by atoms with E-state index in [0.717, 1.165) is 43.2 Å². The van der Waals surface area contributed by atoms with Crippen LogP contribution in [0, 0.1) is 6.92 Å². The van der Waals surface area contributed by atoms with Gasteiger partial charge in [-0.05, 0) is 26.1 Å². The van der Waals surface area contributed by atoms with Crippen LogP contribution < -0.4 is 10.9 Å². The third-order valence-corrected chi connectivity index (χ3v) is 4.69. The average molecular weight is 330 g/mol. The summed E-state index contributed by atoms with van der Waals surface area (Å²) in [4.78, 5) is 15.1. The maximum absolute atomic E-state index is 12.8. The molecule has 24 heavy (non-hydrogen) atoms. The van der Waals surface area contributed by atoms with Crippen LogP contribution in [0.1, 0.15) is 11.3 Å². The Balaban J connectivity index is 1.71. The highest BCUT2D eigenvalue weighted by Gasteiger charge is 2.19. The van der Waals surface area contributed by atoms with E-state index in [1.165, 1.54) is 0 Å². The molecule has 1 fully saturated rings. The van der Waals surface area contributed by atoms with E-state index < -0.39 is 0 Å². The highest BCUT2D eigenvalue weighted by molar-refractivity contribution is 5.33. The Morgan fingerprint density at radius 2 is 2.00 bits per heavy atom. The summed E-state index contributed by atoms with van der Waals surface area (Å²) in [5.74, 6) is 0. The van der Waals surface area contributed by atoms with Crippen LogP contribution in [0.25, 0.3) is 5.69 Å². The maximum Gasteiger partial charge on any atom is 0.276 e. The van der Waals surface area contributed by atoms with Gasteiger partial charge in [0.05, 0.1) is 24.0 Å². The van der Waals surface area contributed by atoms with Gasteiger partial charge in [0.1, 0.15) is 0 Å². The number of aromatic nitrogens is 2. The van der Waals surface area contributed by atoms with Crippen molar-refractivity contribution in [1.82, 2.24) is 19.6 Å². The molecule has 1 aliphatic heterocycles. The van der Waals surface area contributed by atoms with Crippen LogP contribution in [0.15, 0.2) is 35.1 Å². The van der Waals surface area contributed by atoms with E-state index in [1.807, 2.05) is 49.0 Å². The quantitative estimate of drug-likeness (QED) is 0.885. The van der Waals surface area contributed by atoms with Gasteiger partial charge in [-0.1, -0.05) is 18.2 Å². The molecule has 1 saturated heterocycles. The van der Waals surface area contributed by atoms with Crippen molar-refractivity contribution in [3.63, 3.8) is 0 Å². The van der Waals surface area contributed by atoms with Crippen molar-refractivity contribution in [2.24, 2.45) is 7.05 Å². The van der Waals surface area contributed by atoms with Gasteiger partial charge in [0.2, 0.25) is 0 Å². The Hall–Kier alpha value is -1.89. The fourth-order valence-corrected chi connectivity index (χ4v) is 3.18. The Morgan fingerprint density at radius 1 is 1.25 bits per heavy atom. The van der Waals surface area contributed by atoms with Crippen LogP contribution >= 0.6 is 0 Å². The number of hydrogen-bond donors (Lipinski definition) is 1. The van der Waals surface area contributed by atoms with Crippen LogP contribution in [-0.4, -0.2) is 53.7 Å².